The number of ketones is 1. The zero-order valence-corrected chi connectivity index (χ0v) is 10.3. The van der Waals surface area contributed by atoms with Gasteiger partial charge in [-0.05, 0) is 24.5 Å². The first-order valence-electron chi connectivity index (χ1n) is 6.52. The quantitative estimate of drug-likeness (QED) is 0.678. The zero-order chi connectivity index (χ0) is 11.8. The van der Waals surface area contributed by atoms with Crippen molar-refractivity contribution in [3.8, 4) is 0 Å². The Morgan fingerprint density at radius 2 is 2.06 bits per heavy atom. The van der Waals surface area contributed by atoms with E-state index < -0.39 is 0 Å². The molecule has 4 rings (SSSR count). The number of nitrogens with zero attached hydrogens (tertiary/aromatic N) is 1. The third-order valence-electron chi connectivity index (χ3n) is 5.48. The summed E-state index contributed by atoms with van der Waals surface area (Å²) in [5.74, 6) is 1.07. The lowest BCUT2D eigenvalue weighted by Crippen LogP contribution is -2.45. The number of hydrogen-bond donors (Lipinski definition) is 0. The highest BCUT2D eigenvalue weighted by Crippen LogP contribution is 2.61. The number of hydrogen-bond acceptors (Lipinski definition) is 2. The van der Waals surface area contributed by atoms with Crippen LogP contribution in [0, 0.1) is 11.8 Å². The summed E-state index contributed by atoms with van der Waals surface area (Å²) < 4.78 is 0. The molecule has 0 amide bonds. The molecule has 0 N–H and O–H groups in total. The van der Waals surface area contributed by atoms with Gasteiger partial charge in [0.1, 0.15) is 5.78 Å². The van der Waals surface area contributed by atoms with Crippen molar-refractivity contribution in [2.75, 3.05) is 11.9 Å². The molecule has 2 unspecified atom stereocenters. The van der Waals surface area contributed by atoms with Crippen LogP contribution in [-0.2, 0) is 10.2 Å². The molecule has 1 aromatic rings. The Labute approximate surface area is 102 Å². The van der Waals surface area contributed by atoms with Gasteiger partial charge in [-0.15, -0.1) is 0 Å². The Morgan fingerprint density at radius 3 is 2.88 bits per heavy atom. The van der Waals surface area contributed by atoms with Gasteiger partial charge in [-0.3, -0.25) is 4.79 Å². The molecule has 17 heavy (non-hydrogen) atoms. The first kappa shape index (κ1) is 9.69. The molecule has 0 radical (unpaired) electrons. The summed E-state index contributed by atoms with van der Waals surface area (Å²) in [6.07, 6.45) is 2.20. The van der Waals surface area contributed by atoms with Crippen molar-refractivity contribution < 1.29 is 4.79 Å². The molecule has 1 heterocycles. The van der Waals surface area contributed by atoms with E-state index in [0.717, 1.165) is 12.8 Å². The number of carbonyl (C=O) groups is 1. The van der Waals surface area contributed by atoms with E-state index in [2.05, 4.69) is 43.1 Å². The molecular formula is C15H17NO. The summed E-state index contributed by atoms with van der Waals surface area (Å²) in [6.45, 7) is 2.31. The number of fused-ring (bicyclic) bond motifs is 7. The average molecular weight is 227 g/mol. The molecule has 2 bridgehead atoms. The molecule has 2 heteroatoms. The van der Waals surface area contributed by atoms with Crippen LogP contribution in [-0.4, -0.2) is 18.9 Å². The molecule has 1 aliphatic heterocycles. The molecular weight excluding hydrogens is 210 g/mol. The fourth-order valence-corrected chi connectivity index (χ4v) is 4.83. The Bertz CT molecular complexity index is 523. The summed E-state index contributed by atoms with van der Waals surface area (Å²) in [5.41, 5.74) is 2.81. The first-order chi connectivity index (χ1) is 8.15. The topological polar surface area (TPSA) is 20.3 Å². The second-order valence-electron chi connectivity index (χ2n) is 5.99. The van der Waals surface area contributed by atoms with Crippen molar-refractivity contribution in [3.05, 3.63) is 29.8 Å². The van der Waals surface area contributed by atoms with E-state index in [1.165, 1.54) is 11.3 Å². The molecule has 4 atom stereocenters. The van der Waals surface area contributed by atoms with E-state index in [0.29, 0.717) is 11.8 Å². The Hall–Kier alpha value is -1.31. The van der Waals surface area contributed by atoms with Gasteiger partial charge in [0, 0.05) is 36.0 Å². The summed E-state index contributed by atoms with van der Waals surface area (Å²) in [7, 11) is 2.16. The van der Waals surface area contributed by atoms with Crippen LogP contribution in [0.25, 0.3) is 0 Å². The van der Waals surface area contributed by atoms with Crippen molar-refractivity contribution in [1.29, 1.82) is 0 Å². The van der Waals surface area contributed by atoms with E-state index in [1.807, 2.05) is 0 Å². The normalized spacial score (nSPS) is 41.9. The number of para-hydroxylation sites is 1. The van der Waals surface area contributed by atoms with Gasteiger partial charge in [-0.25, -0.2) is 0 Å². The number of carbonyl (C=O) groups excluding carboxylic acids is 1. The first-order valence-corrected chi connectivity index (χ1v) is 6.52. The van der Waals surface area contributed by atoms with Crippen LogP contribution in [0.4, 0.5) is 5.69 Å². The monoisotopic (exact) mass is 227 g/mol. The number of likely N-dealkylation sites (N-methyl/N-ethyl adjacent to an activating group) is 1. The number of anilines is 1. The third-order valence-corrected chi connectivity index (χ3v) is 5.48. The number of rotatable bonds is 0. The fraction of sp³-hybridized carbons (Fsp3) is 0.533. The van der Waals surface area contributed by atoms with Crippen LogP contribution < -0.4 is 4.90 Å². The molecule has 0 spiro atoms. The molecule has 0 saturated heterocycles. The van der Waals surface area contributed by atoms with Crippen LogP contribution in [0.2, 0.25) is 0 Å². The molecule has 2 fully saturated rings. The minimum atomic E-state index is 0.0747. The highest BCUT2D eigenvalue weighted by Gasteiger charge is 2.66. The minimum absolute atomic E-state index is 0.0747. The predicted molar refractivity (Wildman–Crippen MR) is 67.2 cm³/mol. The van der Waals surface area contributed by atoms with Gasteiger partial charge in [0.25, 0.3) is 0 Å². The van der Waals surface area contributed by atoms with Crippen molar-refractivity contribution in [2.24, 2.45) is 11.8 Å². The molecule has 2 aliphatic carbocycles. The smallest absolute Gasteiger partial charge is 0.142 e. The SMILES string of the molecule is CN1c2ccccc2[C@@]2(C)C3CCC(C3=O)[C@@H]12. The summed E-state index contributed by atoms with van der Waals surface area (Å²) in [4.78, 5) is 14.7. The standard InChI is InChI=1S/C15H17NO/c1-15-10-5-3-4-6-12(10)16(2)14(15)9-7-8-11(15)13(9)17/h3-6,9,11,14H,7-8H2,1-2H3/t9?,11?,14-,15+/m1/s1. The van der Waals surface area contributed by atoms with Crippen molar-refractivity contribution in [1.82, 2.24) is 0 Å². The van der Waals surface area contributed by atoms with Gasteiger partial charge in [0.2, 0.25) is 0 Å². The Morgan fingerprint density at radius 1 is 1.29 bits per heavy atom. The maximum absolute atomic E-state index is 12.3. The Balaban J connectivity index is 1.99. The molecule has 2 saturated carbocycles. The van der Waals surface area contributed by atoms with E-state index in [-0.39, 0.29) is 17.3 Å². The lowest BCUT2D eigenvalue weighted by molar-refractivity contribution is -0.121. The third kappa shape index (κ3) is 0.852. The van der Waals surface area contributed by atoms with Crippen LogP contribution in [0.5, 0.6) is 0 Å². The van der Waals surface area contributed by atoms with Gasteiger partial charge >= 0.3 is 0 Å². The van der Waals surface area contributed by atoms with Crippen molar-refractivity contribution >= 4 is 11.5 Å². The molecule has 2 nitrogen and oxygen atoms in total. The van der Waals surface area contributed by atoms with Crippen molar-refractivity contribution in [3.63, 3.8) is 0 Å². The zero-order valence-electron chi connectivity index (χ0n) is 10.3. The number of Topliss-reactive ketones (excluding diaryl/α,β-unsaturated/α-hetero) is 1. The van der Waals surface area contributed by atoms with E-state index in [4.69, 9.17) is 0 Å². The van der Waals surface area contributed by atoms with E-state index >= 15 is 0 Å². The van der Waals surface area contributed by atoms with E-state index in [9.17, 15) is 4.79 Å². The van der Waals surface area contributed by atoms with Crippen molar-refractivity contribution in [2.45, 2.75) is 31.2 Å². The van der Waals surface area contributed by atoms with Crippen LogP contribution in [0.3, 0.4) is 0 Å². The lowest BCUT2D eigenvalue weighted by atomic mass is 9.69. The molecule has 88 valence electrons. The molecule has 3 aliphatic rings. The molecule has 1 aromatic carbocycles. The summed E-state index contributed by atoms with van der Waals surface area (Å²) in [6, 6.07) is 9.04. The van der Waals surface area contributed by atoms with Gasteiger partial charge < -0.3 is 4.90 Å². The average Bonchev–Trinajstić information content (AvgIpc) is 2.88. The Kier molecular flexibility index (Phi) is 1.56. The van der Waals surface area contributed by atoms with Gasteiger partial charge in [-0.1, -0.05) is 25.1 Å². The fourth-order valence-electron chi connectivity index (χ4n) is 4.83. The van der Waals surface area contributed by atoms with Gasteiger partial charge in [-0.2, -0.15) is 0 Å². The van der Waals surface area contributed by atoms with Crippen LogP contribution in [0.1, 0.15) is 25.3 Å². The minimum Gasteiger partial charge on any atom is -0.370 e. The van der Waals surface area contributed by atoms with E-state index in [1.54, 1.807) is 0 Å². The maximum atomic E-state index is 12.3. The number of benzene rings is 1. The summed E-state index contributed by atoms with van der Waals surface area (Å²) >= 11 is 0. The lowest BCUT2D eigenvalue weighted by Gasteiger charge is -2.37. The van der Waals surface area contributed by atoms with Crippen LogP contribution >= 0.6 is 0 Å². The molecule has 0 aromatic heterocycles. The predicted octanol–water partition coefficient (Wildman–Crippen LogP) is 2.37. The second-order valence-corrected chi connectivity index (χ2v) is 5.99. The maximum Gasteiger partial charge on any atom is 0.142 e. The van der Waals surface area contributed by atoms with Gasteiger partial charge in [0.05, 0.1) is 0 Å². The summed E-state index contributed by atoms with van der Waals surface area (Å²) in [5, 5.41) is 0. The second kappa shape index (κ2) is 2.74. The van der Waals surface area contributed by atoms with Gasteiger partial charge in [0.15, 0.2) is 0 Å². The van der Waals surface area contributed by atoms with Crippen LogP contribution in [0.15, 0.2) is 24.3 Å². The largest absolute Gasteiger partial charge is 0.370 e. The highest BCUT2D eigenvalue weighted by atomic mass is 16.1. The highest BCUT2D eigenvalue weighted by molar-refractivity contribution is 5.94.